The molecule has 1 aliphatic rings. The van der Waals surface area contributed by atoms with Gasteiger partial charge in [0.25, 0.3) is 0 Å². The standard InChI is InChI=1S/C22H18F2N2O4/c23-22(24)29-19-11-8-17(12-20(19)30-22)25-13-21(27)26-16-6-9-18(10-7-16)28-14-15-4-2-1-3-5-15/h1-12,25H,13-14H2,(H,26,27). The van der Waals surface area contributed by atoms with E-state index in [2.05, 4.69) is 20.1 Å². The molecule has 4 rings (SSSR count). The highest BCUT2D eigenvalue weighted by Crippen LogP contribution is 2.42. The third kappa shape index (κ3) is 4.96. The monoisotopic (exact) mass is 412 g/mol. The highest BCUT2D eigenvalue weighted by atomic mass is 19.3. The summed E-state index contributed by atoms with van der Waals surface area (Å²) in [6.45, 7) is 0.403. The van der Waals surface area contributed by atoms with Gasteiger partial charge in [0.05, 0.1) is 6.54 Å². The summed E-state index contributed by atoms with van der Waals surface area (Å²) in [5.41, 5.74) is 2.13. The van der Waals surface area contributed by atoms with Gasteiger partial charge in [-0.25, -0.2) is 0 Å². The normalized spacial score (nSPS) is 13.5. The van der Waals surface area contributed by atoms with Crippen LogP contribution in [0.4, 0.5) is 20.2 Å². The summed E-state index contributed by atoms with van der Waals surface area (Å²) in [5.74, 6) is 0.254. The van der Waals surface area contributed by atoms with Crippen LogP contribution in [0.1, 0.15) is 5.56 Å². The van der Waals surface area contributed by atoms with Gasteiger partial charge in [0.1, 0.15) is 12.4 Å². The zero-order valence-electron chi connectivity index (χ0n) is 15.7. The van der Waals surface area contributed by atoms with Crippen molar-refractivity contribution in [3.8, 4) is 17.2 Å². The Hall–Kier alpha value is -3.81. The molecule has 1 heterocycles. The Morgan fingerprint density at radius 1 is 0.900 bits per heavy atom. The van der Waals surface area contributed by atoms with Crippen LogP contribution in [0.15, 0.2) is 72.8 Å². The number of anilines is 2. The van der Waals surface area contributed by atoms with Crippen molar-refractivity contribution < 1.29 is 27.8 Å². The highest BCUT2D eigenvalue weighted by molar-refractivity contribution is 5.93. The zero-order chi connectivity index (χ0) is 21.0. The Labute approximate surface area is 171 Å². The molecule has 0 fully saturated rings. The number of benzene rings is 3. The van der Waals surface area contributed by atoms with Crippen LogP contribution in [0.5, 0.6) is 17.2 Å². The molecule has 0 unspecified atom stereocenters. The van der Waals surface area contributed by atoms with E-state index in [-0.39, 0.29) is 24.0 Å². The number of nitrogens with one attached hydrogen (secondary N) is 2. The van der Waals surface area contributed by atoms with E-state index < -0.39 is 6.29 Å². The smallest absolute Gasteiger partial charge is 0.489 e. The minimum absolute atomic E-state index is 0.0513. The first-order valence-corrected chi connectivity index (χ1v) is 9.17. The van der Waals surface area contributed by atoms with Crippen LogP contribution in [0.3, 0.4) is 0 Å². The minimum Gasteiger partial charge on any atom is -0.489 e. The molecule has 0 saturated heterocycles. The molecule has 0 radical (unpaired) electrons. The fourth-order valence-corrected chi connectivity index (χ4v) is 2.82. The number of amides is 1. The van der Waals surface area contributed by atoms with Crippen LogP contribution in [-0.2, 0) is 11.4 Å². The van der Waals surface area contributed by atoms with Gasteiger partial charge in [0.2, 0.25) is 5.91 Å². The molecule has 30 heavy (non-hydrogen) atoms. The van der Waals surface area contributed by atoms with Crippen molar-refractivity contribution in [2.24, 2.45) is 0 Å². The predicted octanol–water partition coefficient (Wildman–Crippen LogP) is 4.64. The third-order valence-electron chi connectivity index (χ3n) is 4.24. The first-order chi connectivity index (χ1) is 14.5. The molecule has 0 aromatic heterocycles. The quantitative estimate of drug-likeness (QED) is 0.592. The number of halogens is 2. The molecular weight excluding hydrogens is 394 g/mol. The van der Waals surface area contributed by atoms with Gasteiger partial charge in [-0.2, -0.15) is 0 Å². The van der Waals surface area contributed by atoms with Gasteiger partial charge >= 0.3 is 6.29 Å². The van der Waals surface area contributed by atoms with E-state index in [0.29, 0.717) is 23.7 Å². The summed E-state index contributed by atoms with van der Waals surface area (Å²) in [6, 6.07) is 21.0. The van der Waals surface area contributed by atoms with Gasteiger partial charge in [-0.3, -0.25) is 4.79 Å². The van der Waals surface area contributed by atoms with Crippen molar-refractivity contribution in [2.75, 3.05) is 17.2 Å². The largest absolute Gasteiger partial charge is 0.586 e. The molecule has 3 aromatic rings. The molecule has 6 nitrogen and oxygen atoms in total. The van der Waals surface area contributed by atoms with E-state index >= 15 is 0 Å². The number of fused-ring (bicyclic) bond motifs is 1. The number of alkyl halides is 2. The summed E-state index contributed by atoms with van der Waals surface area (Å²) in [4.78, 5) is 12.1. The maximum absolute atomic E-state index is 13.1. The lowest BCUT2D eigenvalue weighted by molar-refractivity contribution is -0.286. The Bertz CT molecular complexity index is 1030. The number of carbonyl (C=O) groups excluding carboxylic acids is 1. The molecule has 1 aliphatic heterocycles. The van der Waals surface area contributed by atoms with Crippen molar-refractivity contribution in [1.29, 1.82) is 0 Å². The summed E-state index contributed by atoms with van der Waals surface area (Å²) in [5, 5.41) is 5.60. The maximum Gasteiger partial charge on any atom is 0.586 e. The second-order valence-electron chi connectivity index (χ2n) is 6.53. The average Bonchev–Trinajstić information content (AvgIpc) is 3.05. The molecule has 0 aliphatic carbocycles. The van der Waals surface area contributed by atoms with E-state index in [4.69, 9.17) is 4.74 Å². The first-order valence-electron chi connectivity index (χ1n) is 9.17. The van der Waals surface area contributed by atoms with Gasteiger partial charge in [-0.15, -0.1) is 8.78 Å². The molecule has 2 N–H and O–H groups in total. The van der Waals surface area contributed by atoms with Crippen LogP contribution in [-0.4, -0.2) is 18.7 Å². The number of rotatable bonds is 7. The molecule has 0 saturated carbocycles. The molecule has 0 spiro atoms. The molecule has 0 bridgehead atoms. The van der Waals surface area contributed by atoms with Crippen LogP contribution in [0.25, 0.3) is 0 Å². The van der Waals surface area contributed by atoms with Crippen LogP contribution < -0.4 is 24.8 Å². The summed E-state index contributed by atoms with van der Waals surface area (Å²) in [6.07, 6.45) is -3.67. The number of carbonyl (C=O) groups is 1. The van der Waals surface area contributed by atoms with E-state index in [1.54, 1.807) is 24.3 Å². The Balaban J connectivity index is 1.25. The fraction of sp³-hybridized carbons (Fsp3) is 0.136. The molecule has 0 atom stereocenters. The van der Waals surface area contributed by atoms with E-state index in [1.807, 2.05) is 30.3 Å². The van der Waals surface area contributed by atoms with E-state index in [9.17, 15) is 13.6 Å². The number of hydrogen-bond donors (Lipinski definition) is 2. The van der Waals surface area contributed by atoms with Gasteiger partial charge in [-0.1, -0.05) is 30.3 Å². The van der Waals surface area contributed by atoms with Gasteiger partial charge < -0.3 is 24.8 Å². The third-order valence-corrected chi connectivity index (χ3v) is 4.24. The number of hydrogen-bond acceptors (Lipinski definition) is 5. The van der Waals surface area contributed by atoms with Gasteiger partial charge in [0.15, 0.2) is 11.5 Å². The van der Waals surface area contributed by atoms with Crippen molar-refractivity contribution >= 4 is 17.3 Å². The lowest BCUT2D eigenvalue weighted by atomic mass is 10.2. The summed E-state index contributed by atoms with van der Waals surface area (Å²) < 4.78 is 40.5. The minimum atomic E-state index is -3.67. The molecule has 3 aromatic carbocycles. The van der Waals surface area contributed by atoms with Crippen LogP contribution in [0.2, 0.25) is 0 Å². The summed E-state index contributed by atoms with van der Waals surface area (Å²) in [7, 11) is 0. The second kappa shape index (κ2) is 8.28. The fourth-order valence-electron chi connectivity index (χ4n) is 2.82. The van der Waals surface area contributed by atoms with Gasteiger partial charge in [0, 0.05) is 17.4 Å². The Morgan fingerprint density at radius 3 is 2.37 bits per heavy atom. The Morgan fingerprint density at radius 2 is 1.60 bits per heavy atom. The zero-order valence-corrected chi connectivity index (χ0v) is 15.7. The topological polar surface area (TPSA) is 68.8 Å². The van der Waals surface area contributed by atoms with Crippen molar-refractivity contribution in [3.63, 3.8) is 0 Å². The number of ether oxygens (including phenoxy) is 3. The molecular formula is C22H18F2N2O4. The van der Waals surface area contributed by atoms with Crippen LogP contribution >= 0.6 is 0 Å². The van der Waals surface area contributed by atoms with Gasteiger partial charge in [-0.05, 0) is 42.0 Å². The predicted molar refractivity (Wildman–Crippen MR) is 107 cm³/mol. The van der Waals surface area contributed by atoms with E-state index in [0.717, 1.165) is 5.56 Å². The summed E-state index contributed by atoms with van der Waals surface area (Å²) >= 11 is 0. The molecule has 8 heteroatoms. The molecule has 154 valence electrons. The second-order valence-corrected chi connectivity index (χ2v) is 6.53. The SMILES string of the molecule is O=C(CNc1ccc2c(c1)OC(F)(F)O2)Nc1ccc(OCc2ccccc2)cc1. The van der Waals surface area contributed by atoms with E-state index in [1.165, 1.54) is 18.2 Å². The van der Waals surface area contributed by atoms with Crippen LogP contribution in [0, 0.1) is 0 Å². The maximum atomic E-state index is 13.1. The molecule has 1 amide bonds. The Kier molecular flexibility index (Phi) is 5.38. The van der Waals surface area contributed by atoms with Crippen molar-refractivity contribution in [1.82, 2.24) is 0 Å². The van der Waals surface area contributed by atoms with Crippen molar-refractivity contribution in [2.45, 2.75) is 12.9 Å². The lowest BCUT2D eigenvalue weighted by Crippen LogP contribution is -2.25. The van der Waals surface area contributed by atoms with Crippen molar-refractivity contribution in [3.05, 3.63) is 78.4 Å². The lowest BCUT2D eigenvalue weighted by Gasteiger charge is -2.10. The first kappa shape index (κ1) is 19.5. The average molecular weight is 412 g/mol. The highest BCUT2D eigenvalue weighted by Gasteiger charge is 2.43.